The van der Waals surface area contributed by atoms with Crippen molar-refractivity contribution in [2.45, 2.75) is 50.5 Å². The van der Waals surface area contributed by atoms with Gasteiger partial charge in [-0.3, -0.25) is 9.69 Å². The molecule has 3 aliphatic heterocycles. The first-order valence-corrected chi connectivity index (χ1v) is 11.8. The quantitative estimate of drug-likeness (QED) is 0.620. The third-order valence-electron chi connectivity index (χ3n) is 7.13. The Morgan fingerprint density at radius 2 is 2.00 bits per heavy atom. The Balaban J connectivity index is 1.36. The fourth-order valence-electron chi connectivity index (χ4n) is 4.92. The number of carbonyl (C=O) groups excluding carboxylic acids is 1. The van der Waals surface area contributed by atoms with Crippen LogP contribution in [0.2, 0.25) is 0 Å². The van der Waals surface area contributed by atoms with Crippen LogP contribution in [-0.2, 0) is 11.0 Å². The van der Waals surface area contributed by atoms with Crippen LogP contribution in [0.4, 0.5) is 27.8 Å². The van der Waals surface area contributed by atoms with Crippen molar-refractivity contribution in [2.24, 2.45) is 16.8 Å². The highest BCUT2D eigenvalue weighted by Gasteiger charge is 2.43. The van der Waals surface area contributed by atoms with Crippen molar-refractivity contribution < 1.29 is 26.7 Å². The molecule has 0 spiro atoms. The Bertz CT molecular complexity index is 1040. The maximum atomic E-state index is 13.9. The van der Waals surface area contributed by atoms with Crippen LogP contribution < -0.4 is 10.6 Å². The van der Waals surface area contributed by atoms with Gasteiger partial charge in [0.2, 0.25) is 5.91 Å². The van der Waals surface area contributed by atoms with Crippen molar-refractivity contribution in [3.63, 3.8) is 0 Å². The number of amides is 1. The summed E-state index contributed by atoms with van der Waals surface area (Å²) in [6, 6.07) is 1.75. The minimum absolute atomic E-state index is 0.0465. The third kappa shape index (κ3) is 5.26. The number of rotatable bonds is 4. The van der Waals surface area contributed by atoms with E-state index in [4.69, 9.17) is 0 Å². The Hall–Kier alpha value is -2.76. The van der Waals surface area contributed by atoms with Gasteiger partial charge in [0.15, 0.2) is 6.29 Å². The summed E-state index contributed by atoms with van der Waals surface area (Å²) in [7, 11) is 0. The molecule has 190 valence electrons. The van der Waals surface area contributed by atoms with Gasteiger partial charge in [0.25, 0.3) is 5.92 Å². The first-order valence-electron chi connectivity index (χ1n) is 11.8. The molecule has 2 N–H and O–H groups in total. The van der Waals surface area contributed by atoms with Gasteiger partial charge in [-0.25, -0.2) is 18.8 Å². The standard InChI is InChI=1S/C23H27F5N6O/c24-22(25)6-9-34(13-22)21-30-17(15-5-8-33(12-15)20(35)14-2-1-3-14)11-19(32-21)31-18-10-16(4-7-29-18)23(26,27)28/h4,7,10-11,14-15,21,30H,1-3,5-6,8-9,12-13H2,(H,29,31,32). The fraction of sp³-hybridized carbons (Fsp3) is 0.609. The Kier molecular flexibility index (Phi) is 6.18. The second-order valence-electron chi connectivity index (χ2n) is 9.66. The lowest BCUT2D eigenvalue weighted by Gasteiger charge is -2.33. The maximum absolute atomic E-state index is 13.9. The molecule has 0 radical (unpaired) electrons. The molecule has 35 heavy (non-hydrogen) atoms. The molecule has 12 heteroatoms. The highest BCUT2D eigenvalue weighted by atomic mass is 19.4. The van der Waals surface area contributed by atoms with E-state index in [2.05, 4.69) is 20.6 Å². The Morgan fingerprint density at radius 3 is 2.66 bits per heavy atom. The molecule has 2 atom stereocenters. The first-order chi connectivity index (χ1) is 16.6. The number of likely N-dealkylation sites (tertiary alicyclic amines) is 2. The summed E-state index contributed by atoms with van der Waals surface area (Å²) >= 11 is 0. The largest absolute Gasteiger partial charge is 0.416 e. The van der Waals surface area contributed by atoms with Gasteiger partial charge in [-0.2, -0.15) is 13.2 Å². The van der Waals surface area contributed by atoms with Crippen molar-refractivity contribution in [2.75, 3.05) is 31.5 Å². The van der Waals surface area contributed by atoms with Gasteiger partial charge in [-0.1, -0.05) is 6.42 Å². The summed E-state index contributed by atoms with van der Waals surface area (Å²) in [6.45, 7) is 0.785. The molecule has 5 rings (SSSR count). The van der Waals surface area contributed by atoms with Crippen LogP contribution in [0.5, 0.6) is 0 Å². The zero-order valence-electron chi connectivity index (χ0n) is 19.0. The molecule has 0 bridgehead atoms. The zero-order chi connectivity index (χ0) is 24.8. The lowest BCUT2D eigenvalue weighted by molar-refractivity contribution is -0.138. The molecule has 1 saturated carbocycles. The highest BCUT2D eigenvalue weighted by molar-refractivity contribution is 6.04. The van der Waals surface area contributed by atoms with E-state index in [1.54, 1.807) is 6.08 Å². The van der Waals surface area contributed by atoms with E-state index < -0.39 is 30.5 Å². The number of aromatic nitrogens is 1. The van der Waals surface area contributed by atoms with Crippen LogP contribution in [0.15, 0.2) is 35.1 Å². The number of halogens is 5. The van der Waals surface area contributed by atoms with Crippen LogP contribution in [0.3, 0.4) is 0 Å². The molecule has 3 fully saturated rings. The molecule has 2 unspecified atom stereocenters. The SMILES string of the molecule is O=C(C1CCC1)N1CCC(C2=CC(Nc3cc(C(F)(F)F)ccn3)=NC(N3CCC(F)(F)C3)N2)C1. The number of anilines is 1. The number of hydrogen-bond acceptors (Lipinski definition) is 6. The Labute approximate surface area is 199 Å². The molecule has 1 aliphatic carbocycles. The number of alkyl halides is 5. The summed E-state index contributed by atoms with van der Waals surface area (Å²) in [5.74, 6) is -2.44. The van der Waals surface area contributed by atoms with Gasteiger partial charge in [0.1, 0.15) is 11.7 Å². The lowest BCUT2D eigenvalue weighted by atomic mass is 9.84. The van der Waals surface area contributed by atoms with E-state index in [1.165, 1.54) is 4.90 Å². The summed E-state index contributed by atoms with van der Waals surface area (Å²) < 4.78 is 67.2. The van der Waals surface area contributed by atoms with Crippen LogP contribution in [0.25, 0.3) is 0 Å². The van der Waals surface area contributed by atoms with Crippen molar-refractivity contribution in [3.05, 3.63) is 35.7 Å². The molecule has 4 aliphatic rings. The fourth-order valence-corrected chi connectivity index (χ4v) is 4.92. The normalized spacial score (nSPS) is 27.2. The van der Waals surface area contributed by atoms with Crippen LogP contribution in [0.1, 0.15) is 37.7 Å². The molecule has 4 heterocycles. The van der Waals surface area contributed by atoms with Gasteiger partial charge >= 0.3 is 6.18 Å². The summed E-state index contributed by atoms with van der Waals surface area (Å²) in [4.78, 5) is 24.5. The molecule has 7 nitrogen and oxygen atoms in total. The van der Waals surface area contributed by atoms with Crippen LogP contribution in [-0.4, -0.2) is 64.9 Å². The lowest BCUT2D eigenvalue weighted by Crippen LogP contribution is -2.48. The molecule has 1 aromatic rings. The average molecular weight is 499 g/mol. The zero-order valence-corrected chi connectivity index (χ0v) is 19.0. The summed E-state index contributed by atoms with van der Waals surface area (Å²) in [5.41, 5.74) is -0.135. The van der Waals surface area contributed by atoms with E-state index in [9.17, 15) is 26.7 Å². The summed E-state index contributed by atoms with van der Waals surface area (Å²) in [6.07, 6.45) is 0.713. The summed E-state index contributed by atoms with van der Waals surface area (Å²) in [5, 5.41) is 6.05. The van der Waals surface area contributed by atoms with E-state index in [0.29, 0.717) is 19.5 Å². The molecule has 1 aromatic heterocycles. The molecule has 1 amide bonds. The minimum atomic E-state index is -4.53. The number of nitrogens with one attached hydrogen (secondary N) is 2. The molecular formula is C23H27F5N6O. The van der Waals surface area contributed by atoms with Gasteiger partial charge in [0.05, 0.1) is 12.1 Å². The van der Waals surface area contributed by atoms with Crippen molar-refractivity contribution in [3.8, 4) is 0 Å². The van der Waals surface area contributed by atoms with Crippen molar-refractivity contribution in [1.82, 2.24) is 20.1 Å². The third-order valence-corrected chi connectivity index (χ3v) is 7.13. The van der Waals surface area contributed by atoms with Crippen molar-refractivity contribution in [1.29, 1.82) is 0 Å². The van der Waals surface area contributed by atoms with E-state index >= 15 is 0 Å². The smallest absolute Gasteiger partial charge is 0.354 e. The first kappa shape index (κ1) is 24.0. The predicted molar refractivity (Wildman–Crippen MR) is 118 cm³/mol. The van der Waals surface area contributed by atoms with E-state index in [0.717, 1.165) is 43.3 Å². The van der Waals surface area contributed by atoms with Crippen LogP contribution >= 0.6 is 0 Å². The number of carbonyl (C=O) groups is 1. The van der Waals surface area contributed by atoms with Crippen molar-refractivity contribution >= 4 is 17.6 Å². The van der Waals surface area contributed by atoms with Gasteiger partial charge in [-0.15, -0.1) is 0 Å². The number of nitrogens with zero attached hydrogens (tertiary/aromatic N) is 4. The number of amidine groups is 1. The van der Waals surface area contributed by atoms with Gasteiger partial charge < -0.3 is 15.5 Å². The number of pyridine rings is 1. The second kappa shape index (κ2) is 9.03. The second-order valence-corrected chi connectivity index (χ2v) is 9.66. The average Bonchev–Trinajstić information content (AvgIpc) is 3.39. The molecule has 0 aromatic carbocycles. The highest BCUT2D eigenvalue weighted by Crippen LogP contribution is 2.34. The van der Waals surface area contributed by atoms with E-state index in [1.807, 2.05) is 4.90 Å². The van der Waals surface area contributed by atoms with E-state index in [-0.39, 0.29) is 42.4 Å². The van der Waals surface area contributed by atoms with Gasteiger partial charge in [-0.05, 0) is 37.5 Å². The van der Waals surface area contributed by atoms with Crippen LogP contribution in [0, 0.1) is 11.8 Å². The topological polar surface area (TPSA) is 72.9 Å². The predicted octanol–water partition coefficient (Wildman–Crippen LogP) is 3.67. The molecule has 2 saturated heterocycles. The maximum Gasteiger partial charge on any atom is 0.416 e. The minimum Gasteiger partial charge on any atom is -0.354 e. The number of aliphatic imine (C=N–C) groups is 1. The monoisotopic (exact) mass is 498 g/mol. The number of hydrogen-bond donors (Lipinski definition) is 2. The molecular weight excluding hydrogens is 471 g/mol. The van der Waals surface area contributed by atoms with Gasteiger partial charge in [0, 0.05) is 49.8 Å². The Morgan fingerprint density at radius 1 is 1.20 bits per heavy atom.